The van der Waals surface area contributed by atoms with Crippen LogP contribution in [0.3, 0.4) is 0 Å². The number of carbonyl (C=O) groups is 3. The predicted molar refractivity (Wildman–Crippen MR) is 123 cm³/mol. The topological polar surface area (TPSA) is 123 Å². The van der Waals surface area contributed by atoms with Gasteiger partial charge in [-0.2, -0.15) is 0 Å². The van der Waals surface area contributed by atoms with Crippen molar-refractivity contribution in [3.8, 4) is 0 Å². The molecule has 0 aliphatic rings. The third-order valence-corrected chi connectivity index (χ3v) is 4.04. The van der Waals surface area contributed by atoms with E-state index in [-0.39, 0.29) is 41.8 Å². The largest absolute Gasteiger partial charge is 0.507 e. The molecule has 1 aromatic rings. The molecular formula is C22H33BN2O7. The van der Waals surface area contributed by atoms with Crippen molar-refractivity contribution in [2.45, 2.75) is 60.2 Å². The fraction of sp³-hybridized carbons (Fsp3) is 0.500. The lowest BCUT2D eigenvalue weighted by Crippen LogP contribution is -2.44. The minimum absolute atomic E-state index is 0.0431. The van der Waals surface area contributed by atoms with E-state index in [2.05, 4.69) is 10.6 Å². The number of aliphatic hydroxyl groups is 1. The Morgan fingerprint density at radius 3 is 2.44 bits per heavy atom. The van der Waals surface area contributed by atoms with Crippen LogP contribution in [0.5, 0.6) is 0 Å². The molecule has 9 nitrogen and oxygen atoms in total. The van der Waals surface area contributed by atoms with Gasteiger partial charge in [0.1, 0.15) is 12.3 Å². The SMILES string of the molecule is CCOC(=O)CNC(=O)/C(C)=C(\O)c1cc(B(OC(C)C)OC(C)(C)C)ccc1NC=O. The monoisotopic (exact) mass is 448 g/mol. The van der Waals surface area contributed by atoms with Gasteiger partial charge in [-0.25, -0.2) is 0 Å². The van der Waals surface area contributed by atoms with E-state index >= 15 is 0 Å². The van der Waals surface area contributed by atoms with Gasteiger partial charge >= 0.3 is 13.1 Å². The van der Waals surface area contributed by atoms with Crippen molar-refractivity contribution >= 4 is 42.3 Å². The van der Waals surface area contributed by atoms with Crippen LogP contribution >= 0.6 is 0 Å². The van der Waals surface area contributed by atoms with Crippen molar-refractivity contribution < 1.29 is 33.5 Å². The summed E-state index contributed by atoms with van der Waals surface area (Å²) in [7, 11) is -0.746. The standard InChI is InChI=1S/C22H33BN2O7/c1-8-30-19(27)12-24-21(29)15(4)20(28)17-11-16(9-10-18(17)25-13-26)23(31-14(2)3)32-22(5,6)7/h9-11,13-14,28H,8,12H2,1-7H3,(H,24,29)(H,25,26)/b20-15-. The number of benzene rings is 1. The van der Waals surface area contributed by atoms with Crippen LogP contribution in [0.4, 0.5) is 5.69 Å². The molecule has 0 atom stereocenters. The van der Waals surface area contributed by atoms with Crippen LogP contribution in [0.15, 0.2) is 23.8 Å². The normalized spacial score (nSPS) is 12.1. The maximum Gasteiger partial charge on any atom is 0.494 e. The summed E-state index contributed by atoms with van der Waals surface area (Å²) >= 11 is 0. The van der Waals surface area contributed by atoms with Crippen LogP contribution < -0.4 is 16.1 Å². The van der Waals surface area contributed by atoms with Crippen molar-refractivity contribution in [1.82, 2.24) is 5.32 Å². The first-order valence-corrected chi connectivity index (χ1v) is 10.4. The highest BCUT2D eigenvalue weighted by Crippen LogP contribution is 2.24. The van der Waals surface area contributed by atoms with Crippen molar-refractivity contribution in [3.05, 3.63) is 29.3 Å². The minimum Gasteiger partial charge on any atom is -0.507 e. The smallest absolute Gasteiger partial charge is 0.494 e. The Morgan fingerprint density at radius 1 is 1.25 bits per heavy atom. The molecule has 1 aromatic carbocycles. The second kappa shape index (κ2) is 12.3. The Kier molecular flexibility index (Phi) is 10.4. The maximum absolute atomic E-state index is 12.4. The number of nitrogens with one attached hydrogen (secondary N) is 2. The van der Waals surface area contributed by atoms with Gasteiger partial charge in [0, 0.05) is 17.3 Å². The summed E-state index contributed by atoms with van der Waals surface area (Å²) in [6.45, 7) is 12.3. The van der Waals surface area contributed by atoms with Gasteiger partial charge < -0.3 is 29.8 Å². The summed E-state index contributed by atoms with van der Waals surface area (Å²) in [5, 5.41) is 15.7. The molecule has 0 heterocycles. The molecule has 0 radical (unpaired) electrons. The molecule has 0 saturated carbocycles. The Hall–Kier alpha value is -2.85. The Balaban J connectivity index is 3.35. The summed E-state index contributed by atoms with van der Waals surface area (Å²) in [4.78, 5) is 34.9. The van der Waals surface area contributed by atoms with Crippen LogP contribution in [0.25, 0.3) is 5.76 Å². The van der Waals surface area contributed by atoms with E-state index in [0.29, 0.717) is 11.9 Å². The fourth-order valence-corrected chi connectivity index (χ4v) is 2.64. The fourth-order valence-electron chi connectivity index (χ4n) is 2.64. The van der Waals surface area contributed by atoms with Gasteiger partial charge in [0.15, 0.2) is 0 Å². The van der Waals surface area contributed by atoms with E-state index in [0.717, 1.165) is 0 Å². The molecule has 0 aromatic heterocycles. The molecule has 0 aliphatic heterocycles. The summed E-state index contributed by atoms with van der Waals surface area (Å²) in [5.74, 6) is -1.61. The average Bonchev–Trinajstić information content (AvgIpc) is 2.69. The first-order valence-electron chi connectivity index (χ1n) is 10.4. The van der Waals surface area contributed by atoms with E-state index in [4.69, 9.17) is 14.0 Å². The van der Waals surface area contributed by atoms with Crippen LogP contribution in [0.1, 0.15) is 54.0 Å². The van der Waals surface area contributed by atoms with Gasteiger partial charge in [0.2, 0.25) is 6.41 Å². The molecule has 1 rings (SSSR count). The highest BCUT2D eigenvalue weighted by Gasteiger charge is 2.30. The second-order valence-corrected chi connectivity index (χ2v) is 8.28. The number of anilines is 1. The molecule has 0 unspecified atom stereocenters. The van der Waals surface area contributed by atoms with Gasteiger partial charge in [-0.3, -0.25) is 14.4 Å². The molecule has 3 N–H and O–H groups in total. The molecule has 32 heavy (non-hydrogen) atoms. The number of esters is 1. The van der Waals surface area contributed by atoms with E-state index in [9.17, 15) is 19.5 Å². The summed E-state index contributed by atoms with van der Waals surface area (Å²) in [5.41, 5.74) is 0.524. The number of ether oxygens (including phenoxy) is 1. The minimum atomic E-state index is -0.746. The Morgan fingerprint density at radius 2 is 1.91 bits per heavy atom. The van der Waals surface area contributed by atoms with Crippen LogP contribution in [-0.4, -0.2) is 55.4 Å². The van der Waals surface area contributed by atoms with E-state index in [1.54, 1.807) is 25.1 Å². The van der Waals surface area contributed by atoms with E-state index in [1.165, 1.54) is 6.92 Å². The predicted octanol–water partition coefficient (Wildman–Crippen LogP) is 2.16. The summed E-state index contributed by atoms with van der Waals surface area (Å²) in [6, 6.07) is 4.88. The van der Waals surface area contributed by atoms with Crippen molar-refractivity contribution in [2.75, 3.05) is 18.5 Å². The highest BCUT2D eigenvalue weighted by molar-refractivity contribution is 6.61. The van der Waals surface area contributed by atoms with Crippen LogP contribution in [0.2, 0.25) is 0 Å². The molecule has 0 bridgehead atoms. The first kappa shape index (κ1) is 27.2. The quantitative estimate of drug-likeness (QED) is 0.156. The van der Waals surface area contributed by atoms with Crippen LogP contribution in [-0.2, 0) is 28.4 Å². The number of hydrogen-bond donors (Lipinski definition) is 3. The third kappa shape index (κ3) is 8.72. The van der Waals surface area contributed by atoms with E-state index in [1.807, 2.05) is 34.6 Å². The Bertz CT molecular complexity index is 847. The summed E-state index contributed by atoms with van der Waals surface area (Å²) in [6.07, 6.45) is 0.327. The van der Waals surface area contributed by atoms with Gasteiger partial charge in [0.05, 0.1) is 17.9 Å². The number of aliphatic hydroxyl groups excluding tert-OH is 1. The number of carbonyl (C=O) groups excluding carboxylic acids is 3. The average molecular weight is 448 g/mol. The van der Waals surface area contributed by atoms with Gasteiger partial charge in [-0.15, -0.1) is 0 Å². The molecule has 0 fully saturated rings. The maximum atomic E-state index is 12.4. The highest BCUT2D eigenvalue weighted by atomic mass is 16.6. The number of rotatable bonds is 11. The van der Waals surface area contributed by atoms with Crippen molar-refractivity contribution in [1.29, 1.82) is 0 Å². The molecule has 0 spiro atoms. The van der Waals surface area contributed by atoms with E-state index < -0.39 is 24.6 Å². The summed E-state index contributed by atoms with van der Waals surface area (Å²) < 4.78 is 16.7. The lowest BCUT2D eigenvalue weighted by atomic mass is 9.76. The van der Waals surface area contributed by atoms with Crippen molar-refractivity contribution in [2.24, 2.45) is 0 Å². The van der Waals surface area contributed by atoms with Crippen molar-refractivity contribution in [3.63, 3.8) is 0 Å². The van der Waals surface area contributed by atoms with Crippen LogP contribution in [0, 0.1) is 0 Å². The molecular weight excluding hydrogens is 415 g/mol. The zero-order chi connectivity index (χ0) is 24.5. The molecule has 0 aliphatic carbocycles. The van der Waals surface area contributed by atoms with Gasteiger partial charge in [-0.1, -0.05) is 6.07 Å². The zero-order valence-corrected chi connectivity index (χ0v) is 19.8. The first-order chi connectivity index (χ1) is 14.9. The number of amides is 2. The second-order valence-electron chi connectivity index (χ2n) is 8.28. The third-order valence-electron chi connectivity index (χ3n) is 4.04. The zero-order valence-electron chi connectivity index (χ0n) is 19.8. The lowest BCUT2D eigenvalue weighted by molar-refractivity contribution is -0.143. The van der Waals surface area contributed by atoms with Gasteiger partial charge in [-0.05, 0) is 66.1 Å². The number of hydrogen-bond acceptors (Lipinski definition) is 7. The lowest BCUT2D eigenvalue weighted by Gasteiger charge is -2.27. The molecule has 10 heteroatoms. The molecule has 176 valence electrons. The van der Waals surface area contributed by atoms with Gasteiger partial charge in [0.25, 0.3) is 5.91 Å². The molecule has 2 amide bonds. The molecule has 0 saturated heterocycles. The Labute approximate surface area is 189 Å².